The lowest BCUT2D eigenvalue weighted by molar-refractivity contribution is 0.544. The first-order valence-electron chi connectivity index (χ1n) is 10.9. The van der Waals surface area contributed by atoms with Crippen molar-refractivity contribution in [3.8, 4) is 0 Å². The molecular formula is C23H30F2N4O2S. The topological polar surface area (TPSA) is 90.9 Å². The first kappa shape index (κ1) is 24.1. The normalized spacial score (nSPS) is 12.0. The molecule has 2 heterocycles. The summed E-state index contributed by atoms with van der Waals surface area (Å²) in [6, 6.07) is 2.55. The number of nitrogens with two attached hydrogens (primary N) is 1. The Morgan fingerprint density at radius 3 is 2.50 bits per heavy atom. The summed E-state index contributed by atoms with van der Waals surface area (Å²) in [5.74, 6) is -0.642. The Kier molecular flexibility index (Phi) is 7.48. The van der Waals surface area contributed by atoms with Crippen molar-refractivity contribution in [2.45, 2.75) is 70.7 Å². The van der Waals surface area contributed by atoms with Crippen LogP contribution in [0.25, 0.3) is 11.0 Å². The van der Waals surface area contributed by atoms with Crippen LogP contribution in [0.2, 0.25) is 0 Å². The number of hydrogen-bond donors (Lipinski definition) is 1. The zero-order chi connectivity index (χ0) is 23.5. The molecule has 0 atom stereocenters. The van der Waals surface area contributed by atoms with Crippen molar-refractivity contribution in [1.29, 1.82) is 0 Å². The SMILES string of the molecule is CCCCc1nc2c(N)nc(C)c(C)c2n1CCCCCS(=O)(=O)c1ccc(F)cc1F. The van der Waals surface area contributed by atoms with Gasteiger partial charge in [-0.2, -0.15) is 0 Å². The van der Waals surface area contributed by atoms with Gasteiger partial charge in [0.15, 0.2) is 15.7 Å². The smallest absolute Gasteiger partial charge is 0.181 e. The van der Waals surface area contributed by atoms with Crippen molar-refractivity contribution in [2.75, 3.05) is 11.5 Å². The number of pyridine rings is 1. The Morgan fingerprint density at radius 2 is 1.81 bits per heavy atom. The van der Waals surface area contributed by atoms with Gasteiger partial charge in [-0.25, -0.2) is 27.2 Å². The summed E-state index contributed by atoms with van der Waals surface area (Å²) >= 11 is 0. The van der Waals surface area contributed by atoms with Crippen LogP contribution in [0.4, 0.5) is 14.6 Å². The van der Waals surface area contributed by atoms with Crippen LogP contribution in [0, 0.1) is 25.5 Å². The lowest BCUT2D eigenvalue weighted by Crippen LogP contribution is -2.10. The average Bonchev–Trinajstić information content (AvgIpc) is 3.09. The summed E-state index contributed by atoms with van der Waals surface area (Å²) in [5, 5.41) is 0. The second-order valence-electron chi connectivity index (χ2n) is 8.14. The van der Waals surface area contributed by atoms with Crippen molar-refractivity contribution in [3.05, 3.63) is 46.9 Å². The molecule has 0 spiro atoms. The van der Waals surface area contributed by atoms with E-state index in [0.717, 1.165) is 60.4 Å². The molecule has 0 amide bonds. The minimum absolute atomic E-state index is 0.183. The molecule has 2 N–H and O–H groups in total. The molecule has 9 heteroatoms. The van der Waals surface area contributed by atoms with Gasteiger partial charge < -0.3 is 10.3 Å². The monoisotopic (exact) mass is 464 g/mol. The van der Waals surface area contributed by atoms with Gasteiger partial charge in [-0.05, 0) is 50.8 Å². The Bertz CT molecular complexity index is 1220. The fourth-order valence-electron chi connectivity index (χ4n) is 3.89. The largest absolute Gasteiger partial charge is 0.382 e. The van der Waals surface area contributed by atoms with Crippen molar-refractivity contribution in [1.82, 2.24) is 14.5 Å². The Hall–Kier alpha value is -2.55. The van der Waals surface area contributed by atoms with Gasteiger partial charge in [0.2, 0.25) is 0 Å². The van der Waals surface area contributed by atoms with Crippen LogP contribution >= 0.6 is 0 Å². The van der Waals surface area contributed by atoms with Gasteiger partial charge in [-0.15, -0.1) is 0 Å². The fraction of sp³-hybridized carbons (Fsp3) is 0.478. The second-order valence-corrected chi connectivity index (χ2v) is 10.2. The maximum absolute atomic E-state index is 13.9. The van der Waals surface area contributed by atoms with Crippen LogP contribution < -0.4 is 5.73 Å². The van der Waals surface area contributed by atoms with Crippen molar-refractivity contribution in [2.24, 2.45) is 0 Å². The fourth-order valence-corrected chi connectivity index (χ4v) is 5.32. The van der Waals surface area contributed by atoms with Gasteiger partial charge in [0.05, 0.1) is 11.3 Å². The van der Waals surface area contributed by atoms with E-state index in [1.807, 2.05) is 13.8 Å². The number of hydrogen-bond acceptors (Lipinski definition) is 5. The number of fused-ring (bicyclic) bond motifs is 1. The Labute approximate surface area is 187 Å². The molecular weight excluding hydrogens is 434 g/mol. The van der Waals surface area contributed by atoms with Gasteiger partial charge in [-0.1, -0.05) is 19.8 Å². The number of aromatic nitrogens is 3. The van der Waals surface area contributed by atoms with Crippen LogP contribution in [-0.2, 0) is 22.8 Å². The molecule has 3 aromatic rings. The molecule has 0 fully saturated rings. The molecule has 2 aromatic heterocycles. The number of imidazole rings is 1. The predicted octanol–water partition coefficient (Wildman–Crippen LogP) is 4.90. The molecule has 1 aromatic carbocycles. The summed E-state index contributed by atoms with van der Waals surface area (Å²) in [4.78, 5) is 8.70. The van der Waals surface area contributed by atoms with Gasteiger partial charge in [0, 0.05) is 24.7 Å². The van der Waals surface area contributed by atoms with Crippen molar-refractivity contribution < 1.29 is 17.2 Å². The summed E-state index contributed by atoms with van der Waals surface area (Å²) < 4.78 is 54.0. The number of rotatable bonds is 10. The van der Waals surface area contributed by atoms with E-state index < -0.39 is 26.4 Å². The number of unbranched alkanes of at least 4 members (excludes halogenated alkanes) is 3. The highest BCUT2D eigenvalue weighted by Gasteiger charge is 2.20. The first-order valence-corrected chi connectivity index (χ1v) is 12.6. The maximum Gasteiger partial charge on any atom is 0.181 e. The Morgan fingerprint density at radius 1 is 1.06 bits per heavy atom. The maximum atomic E-state index is 13.9. The molecule has 0 unspecified atom stereocenters. The molecule has 0 aliphatic carbocycles. The quantitative estimate of drug-likeness (QED) is 0.341. The van der Waals surface area contributed by atoms with Gasteiger partial charge in [0.25, 0.3) is 0 Å². The van der Waals surface area contributed by atoms with E-state index in [1.165, 1.54) is 0 Å². The highest BCUT2D eigenvalue weighted by molar-refractivity contribution is 7.91. The molecule has 174 valence electrons. The molecule has 0 aliphatic rings. The standard InChI is InChI=1S/C23H30F2N4O2S/c1-4-5-9-20-28-21-22(15(2)16(3)27-23(21)26)29(20)12-7-6-8-13-32(30,31)19-11-10-17(24)14-18(19)25/h10-11,14H,4-9,12-13H2,1-3H3,(H2,26,27). The summed E-state index contributed by atoms with van der Waals surface area (Å²) in [5.41, 5.74) is 9.74. The second kappa shape index (κ2) is 9.94. The lowest BCUT2D eigenvalue weighted by atomic mass is 10.1. The summed E-state index contributed by atoms with van der Waals surface area (Å²) in [6.07, 6.45) is 4.67. The summed E-state index contributed by atoms with van der Waals surface area (Å²) in [6.45, 7) is 6.75. The van der Waals surface area contributed by atoms with E-state index in [-0.39, 0.29) is 5.75 Å². The van der Waals surface area contributed by atoms with E-state index in [1.54, 1.807) is 0 Å². The van der Waals surface area contributed by atoms with E-state index in [0.29, 0.717) is 36.8 Å². The highest BCUT2D eigenvalue weighted by Crippen LogP contribution is 2.27. The van der Waals surface area contributed by atoms with Gasteiger partial charge in [-0.3, -0.25) is 0 Å². The zero-order valence-corrected chi connectivity index (χ0v) is 19.6. The number of halogens is 2. The van der Waals surface area contributed by atoms with Gasteiger partial charge >= 0.3 is 0 Å². The third-order valence-corrected chi connectivity index (χ3v) is 7.58. The van der Waals surface area contributed by atoms with E-state index >= 15 is 0 Å². The molecule has 3 rings (SSSR count). The molecule has 32 heavy (non-hydrogen) atoms. The van der Waals surface area contributed by atoms with E-state index in [2.05, 4.69) is 16.5 Å². The molecule has 0 radical (unpaired) electrons. The van der Waals surface area contributed by atoms with E-state index in [9.17, 15) is 17.2 Å². The molecule has 0 bridgehead atoms. The van der Waals surface area contributed by atoms with Crippen LogP contribution in [0.15, 0.2) is 23.1 Å². The molecule has 0 saturated heterocycles. The predicted molar refractivity (Wildman–Crippen MR) is 122 cm³/mol. The van der Waals surface area contributed by atoms with Crippen LogP contribution in [0.3, 0.4) is 0 Å². The van der Waals surface area contributed by atoms with E-state index in [4.69, 9.17) is 10.7 Å². The van der Waals surface area contributed by atoms with Crippen molar-refractivity contribution >= 4 is 26.7 Å². The Balaban J connectivity index is 1.71. The average molecular weight is 465 g/mol. The van der Waals surface area contributed by atoms with Gasteiger partial charge in [0.1, 0.15) is 27.9 Å². The van der Waals surface area contributed by atoms with Crippen LogP contribution in [-0.4, -0.2) is 28.7 Å². The first-order chi connectivity index (χ1) is 15.2. The number of nitrogens with zero attached hydrogens (tertiary/aromatic N) is 3. The highest BCUT2D eigenvalue weighted by atomic mass is 32.2. The minimum atomic E-state index is -3.80. The van der Waals surface area contributed by atoms with Crippen LogP contribution in [0.1, 0.15) is 56.1 Å². The minimum Gasteiger partial charge on any atom is -0.382 e. The summed E-state index contributed by atoms with van der Waals surface area (Å²) in [7, 11) is -3.80. The molecule has 0 aliphatic heterocycles. The third kappa shape index (κ3) is 5.09. The third-order valence-electron chi connectivity index (χ3n) is 5.75. The zero-order valence-electron chi connectivity index (χ0n) is 18.8. The van der Waals surface area contributed by atoms with Crippen molar-refractivity contribution in [3.63, 3.8) is 0 Å². The number of nitrogen functional groups attached to an aromatic ring is 1. The van der Waals surface area contributed by atoms with Crippen LogP contribution in [0.5, 0.6) is 0 Å². The molecule has 0 saturated carbocycles. The molecule has 6 nitrogen and oxygen atoms in total. The number of benzene rings is 1. The lowest BCUT2D eigenvalue weighted by Gasteiger charge is -2.12. The number of aryl methyl sites for hydroxylation is 4. The number of sulfone groups is 1. The number of anilines is 1.